The van der Waals surface area contributed by atoms with Gasteiger partial charge in [-0.15, -0.1) is 0 Å². The van der Waals surface area contributed by atoms with Crippen LogP contribution in [0.2, 0.25) is 0 Å². The van der Waals surface area contributed by atoms with Crippen LogP contribution in [0.4, 0.5) is 45.5 Å². The number of hydrogen-bond donors (Lipinski definition) is 2. The zero-order valence-corrected chi connectivity index (χ0v) is 18.9. The summed E-state index contributed by atoms with van der Waals surface area (Å²) in [5.41, 5.74) is 19.3. The summed E-state index contributed by atoms with van der Waals surface area (Å²) in [6.45, 7) is 3.90. The molecule has 8 heteroatoms. The third-order valence-electron chi connectivity index (χ3n) is 4.97. The molecule has 0 unspecified atom stereocenters. The SMILES string of the molecule is Cc1cc(N)ccc1N=Nc1ccc(N=Nc2ccc(N=Nc3ccc(N)cc3C)cc2)cc1. The number of nitrogens with zero attached hydrogens (tertiary/aromatic N) is 6. The van der Waals surface area contributed by atoms with Gasteiger partial charge in [-0.25, -0.2) is 0 Å². The molecule has 4 rings (SSSR count). The van der Waals surface area contributed by atoms with Crippen LogP contribution in [0.3, 0.4) is 0 Å². The molecule has 0 bridgehead atoms. The third kappa shape index (κ3) is 5.95. The summed E-state index contributed by atoms with van der Waals surface area (Å²) in [7, 11) is 0. The van der Waals surface area contributed by atoms with Crippen LogP contribution in [-0.4, -0.2) is 0 Å². The minimum atomic E-state index is 0.707. The first kappa shape index (κ1) is 22.5. The van der Waals surface area contributed by atoms with Crippen LogP contribution in [0, 0.1) is 13.8 Å². The van der Waals surface area contributed by atoms with Gasteiger partial charge < -0.3 is 11.5 Å². The van der Waals surface area contributed by atoms with Gasteiger partial charge in [-0.3, -0.25) is 0 Å². The molecular formula is C26H24N8. The Balaban J connectivity index is 1.37. The topological polar surface area (TPSA) is 126 Å². The molecule has 0 fully saturated rings. The number of anilines is 2. The minimum Gasteiger partial charge on any atom is -0.399 e. The van der Waals surface area contributed by atoms with E-state index in [2.05, 4.69) is 30.7 Å². The Morgan fingerprint density at radius 3 is 1.00 bits per heavy atom. The number of benzene rings is 4. The number of azo groups is 3. The van der Waals surface area contributed by atoms with Crippen LogP contribution < -0.4 is 11.5 Å². The lowest BCUT2D eigenvalue weighted by Crippen LogP contribution is -1.84. The van der Waals surface area contributed by atoms with Crippen LogP contribution >= 0.6 is 0 Å². The highest BCUT2D eigenvalue weighted by Crippen LogP contribution is 2.27. The van der Waals surface area contributed by atoms with Crippen LogP contribution in [0.25, 0.3) is 0 Å². The highest BCUT2D eigenvalue weighted by atomic mass is 15.1. The van der Waals surface area contributed by atoms with Crippen molar-refractivity contribution >= 4 is 45.5 Å². The molecule has 0 spiro atoms. The van der Waals surface area contributed by atoms with Crippen LogP contribution in [0.1, 0.15) is 11.1 Å². The Hall–Kier alpha value is -4.72. The molecule has 4 N–H and O–H groups in total. The van der Waals surface area contributed by atoms with Crippen LogP contribution in [0.15, 0.2) is 116 Å². The first-order valence-corrected chi connectivity index (χ1v) is 10.6. The minimum absolute atomic E-state index is 0.707. The van der Waals surface area contributed by atoms with Gasteiger partial charge in [-0.1, -0.05) is 0 Å². The fraction of sp³-hybridized carbons (Fsp3) is 0.0769. The molecule has 0 heterocycles. The van der Waals surface area contributed by atoms with Gasteiger partial charge in [-0.05, 0) is 110 Å². The van der Waals surface area contributed by atoms with Gasteiger partial charge >= 0.3 is 0 Å². The van der Waals surface area contributed by atoms with Crippen molar-refractivity contribution in [2.45, 2.75) is 13.8 Å². The molecule has 0 saturated heterocycles. The molecule has 0 atom stereocenters. The molecule has 0 saturated carbocycles. The van der Waals surface area contributed by atoms with E-state index in [0.29, 0.717) is 22.7 Å². The van der Waals surface area contributed by atoms with Crippen molar-refractivity contribution in [3.8, 4) is 0 Å². The molecule has 4 aromatic rings. The van der Waals surface area contributed by atoms with E-state index in [4.69, 9.17) is 11.5 Å². The van der Waals surface area contributed by atoms with Crippen molar-refractivity contribution in [1.29, 1.82) is 0 Å². The predicted molar refractivity (Wildman–Crippen MR) is 137 cm³/mol. The Labute approximate surface area is 197 Å². The second kappa shape index (κ2) is 10.3. The molecule has 0 aliphatic carbocycles. The Morgan fingerprint density at radius 2 is 0.706 bits per heavy atom. The highest BCUT2D eigenvalue weighted by Gasteiger charge is 1.99. The van der Waals surface area contributed by atoms with Crippen molar-refractivity contribution < 1.29 is 0 Å². The molecule has 0 aliphatic heterocycles. The van der Waals surface area contributed by atoms with Gasteiger partial charge in [-0.2, -0.15) is 30.7 Å². The monoisotopic (exact) mass is 448 g/mol. The van der Waals surface area contributed by atoms with Gasteiger partial charge in [0.05, 0.1) is 34.1 Å². The largest absolute Gasteiger partial charge is 0.399 e. The van der Waals surface area contributed by atoms with E-state index in [1.807, 2.05) is 86.6 Å². The van der Waals surface area contributed by atoms with Crippen LogP contribution in [-0.2, 0) is 0 Å². The molecule has 4 aromatic carbocycles. The van der Waals surface area contributed by atoms with Gasteiger partial charge in [0.25, 0.3) is 0 Å². The number of nitrogen functional groups attached to an aromatic ring is 2. The molecule has 0 aromatic heterocycles. The number of hydrogen-bond acceptors (Lipinski definition) is 8. The number of nitrogens with two attached hydrogens (primary N) is 2. The van der Waals surface area contributed by atoms with Crippen molar-refractivity contribution in [3.63, 3.8) is 0 Å². The van der Waals surface area contributed by atoms with E-state index in [-0.39, 0.29) is 0 Å². The summed E-state index contributed by atoms with van der Waals surface area (Å²) in [5, 5.41) is 25.7. The van der Waals surface area contributed by atoms with Gasteiger partial charge in [0.15, 0.2) is 0 Å². The maximum Gasteiger partial charge on any atom is 0.0887 e. The molecule has 8 nitrogen and oxygen atoms in total. The van der Waals surface area contributed by atoms with Crippen molar-refractivity contribution in [1.82, 2.24) is 0 Å². The molecular weight excluding hydrogens is 424 g/mol. The maximum absolute atomic E-state index is 5.77. The number of aryl methyl sites for hydroxylation is 2. The van der Waals surface area contributed by atoms with Crippen molar-refractivity contribution in [2.75, 3.05) is 11.5 Å². The fourth-order valence-corrected chi connectivity index (χ4v) is 3.09. The molecule has 168 valence electrons. The normalized spacial score (nSPS) is 11.7. The maximum atomic E-state index is 5.77. The second-order valence-electron chi connectivity index (χ2n) is 7.72. The standard InChI is InChI=1S/C26H24N8/c1-17-15-19(27)3-13-25(17)33-31-23-9-5-21(6-10-23)29-30-22-7-11-24(12-8-22)32-34-26-14-4-20(28)16-18(26)2/h3-16H,27-28H2,1-2H3. The van der Waals surface area contributed by atoms with Gasteiger partial charge in [0.1, 0.15) is 0 Å². The summed E-state index contributed by atoms with van der Waals surface area (Å²) >= 11 is 0. The Kier molecular flexibility index (Phi) is 6.78. The molecule has 34 heavy (non-hydrogen) atoms. The molecule has 0 aliphatic rings. The van der Waals surface area contributed by atoms with E-state index >= 15 is 0 Å². The van der Waals surface area contributed by atoms with E-state index in [1.165, 1.54) is 0 Å². The quantitative estimate of drug-likeness (QED) is 0.226. The van der Waals surface area contributed by atoms with Crippen molar-refractivity contribution in [2.24, 2.45) is 30.7 Å². The predicted octanol–water partition coefficient (Wildman–Crippen LogP) is 8.71. The van der Waals surface area contributed by atoms with E-state index in [9.17, 15) is 0 Å². The average Bonchev–Trinajstić information content (AvgIpc) is 2.83. The molecule has 0 amide bonds. The lowest BCUT2D eigenvalue weighted by Gasteiger charge is -2.00. The molecule has 0 radical (unpaired) electrons. The zero-order valence-electron chi connectivity index (χ0n) is 18.9. The first-order chi connectivity index (χ1) is 16.5. The number of rotatable bonds is 6. The average molecular weight is 449 g/mol. The van der Waals surface area contributed by atoms with E-state index < -0.39 is 0 Å². The summed E-state index contributed by atoms with van der Waals surface area (Å²) < 4.78 is 0. The zero-order chi connectivity index (χ0) is 23.9. The van der Waals surface area contributed by atoms with Crippen LogP contribution in [0.5, 0.6) is 0 Å². The summed E-state index contributed by atoms with van der Waals surface area (Å²) in [4.78, 5) is 0. The lowest BCUT2D eigenvalue weighted by atomic mass is 10.2. The first-order valence-electron chi connectivity index (χ1n) is 10.6. The third-order valence-corrected chi connectivity index (χ3v) is 4.97. The smallest absolute Gasteiger partial charge is 0.0887 e. The van der Waals surface area contributed by atoms with Gasteiger partial charge in [0.2, 0.25) is 0 Å². The Morgan fingerprint density at radius 1 is 0.412 bits per heavy atom. The lowest BCUT2D eigenvalue weighted by molar-refractivity contribution is 1.19. The fourth-order valence-electron chi connectivity index (χ4n) is 3.09. The second-order valence-corrected chi connectivity index (χ2v) is 7.72. The Bertz CT molecular complexity index is 1260. The van der Waals surface area contributed by atoms with E-state index in [0.717, 1.165) is 33.9 Å². The van der Waals surface area contributed by atoms with E-state index in [1.54, 1.807) is 12.1 Å². The highest BCUT2D eigenvalue weighted by molar-refractivity contribution is 5.56. The summed E-state index contributed by atoms with van der Waals surface area (Å²) in [6.07, 6.45) is 0. The summed E-state index contributed by atoms with van der Waals surface area (Å²) in [6, 6.07) is 25.8. The van der Waals surface area contributed by atoms with Gasteiger partial charge in [0, 0.05) is 11.4 Å². The van der Waals surface area contributed by atoms with Crippen molar-refractivity contribution in [3.05, 3.63) is 96.1 Å². The summed E-state index contributed by atoms with van der Waals surface area (Å²) in [5.74, 6) is 0.